The Morgan fingerprint density at radius 2 is 2.05 bits per heavy atom. The van der Waals surface area contributed by atoms with E-state index in [1.54, 1.807) is 26.0 Å². The van der Waals surface area contributed by atoms with Crippen molar-refractivity contribution in [2.75, 3.05) is 12.3 Å². The molecule has 0 spiro atoms. The highest BCUT2D eigenvalue weighted by molar-refractivity contribution is 7.89. The van der Waals surface area contributed by atoms with E-state index in [-0.39, 0.29) is 11.5 Å². The normalized spacial score (nSPS) is 15.2. The molecule has 19 heavy (non-hydrogen) atoms. The summed E-state index contributed by atoms with van der Waals surface area (Å²) >= 11 is 0. The standard InChI is InChI=1S/C13H22N2O3S/c1-4-13(3,7-8-16)15-19(17,18)11-5-6-12(14)10(2)9-11/h5-6,9,15-16H,4,7-8,14H2,1-3H3. The molecule has 1 rings (SSSR count). The molecular weight excluding hydrogens is 264 g/mol. The molecule has 1 unspecified atom stereocenters. The van der Waals surface area contributed by atoms with Crippen LogP contribution in [0.2, 0.25) is 0 Å². The second-order valence-electron chi connectivity index (χ2n) is 5.01. The molecule has 108 valence electrons. The van der Waals surface area contributed by atoms with Crippen molar-refractivity contribution in [2.24, 2.45) is 0 Å². The van der Waals surface area contributed by atoms with Gasteiger partial charge in [-0.05, 0) is 50.5 Å². The summed E-state index contributed by atoms with van der Waals surface area (Å²) in [7, 11) is -3.61. The maximum absolute atomic E-state index is 12.3. The molecular formula is C13H22N2O3S. The highest BCUT2D eigenvalue weighted by atomic mass is 32.2. The van der Waals surface area contributed by atoms with Gasteiger partial charge in [-0.3, -0.25) is 0 Å². The lowest BCUT2D eigenvalue weighted by molar-refractivity contribution is 0.233. The van der Waals surface area contributed by atoms with E-state index in [4.69, 9.17) is 10.8 Å². The van der Waals surface area contributed by atoms with Crippen molar-refractivity contribution >= 4 is 15.7 Å². The Balaban J connectivity index is 3.07. The third-order valence-corrected chi connectivity index (χ3v) is 5.01. The quantitative estimate of drug-likeness (QED) is 0.689. The lowest BCUT2D eigenvalue weighted by Gasteiger charge is -2.28. The first-order chi connectivity index (χ1) is 8.74. The van der Waals surface area contributed by atoms with Gasteiger partial charge < -0.3 is 10.8 Å². The Morgan fingerprint density at radius 1 is 1.42 bits per heavy atom. The van der Waals surface area contributed by atoms with Gasteiger partial charge in [0.1, 0.15) is 0 Å². The van der Waals surface area contributed by atoms with Crippen LogP contribution >= 0.6 is 0 Å². The van der Waals surface area contributed by atoms with E-state index in [1.807, 2.05) is 6.92 Å². The molecule has 0 aliphatic carbocycles. The Hall–Kier alpha value is -1.11. The monoisotopic (exact) mass is 286 g/mol. The molecule has 0 aliphatic heterocycles. The van der Waals surface area contributed by atoms with Crippen LogP contribution in [-0.4, -0.2) is 25.7 Å². The molecule has 0 heterocycles. The number of hydrogen-bond donors (Lipinski definition) is 3. The third kappa shape index (κ3) is 3.92. The zero-order valence-electron chi connectivity index (χ0n) is 11.6. The van der Waals surface area contributed by atoms with Crippen LogP contribution < -0.4 is 10.5 Å². The minimum Gasteiger partial charge on any atom is -0.399 e. The average Bonchev–Trinajstić information content (AvgIpc) is 2.32. The first-order valence-corrected chi connectivity index (χ1v) is 7.73. The van der Waals surface area contributed by atoms with Crippen molar-refractivity contribution in [3.05, 3.63) is 23.8 Å². The molecule has 0 fully saturated rings. The molecule has 0 bridgehead atoms. The van der Waals surface area contributed by atoms with E-state index >= 15 is 0 Å². The number of aryl methyl sites for hydroxylation is 1. The third-order valence-electron chi connectivity index (χ3n) is 3.38. The summed E-state index contributed by atoms with van der Waals surface area (Å²) in [6, 6.07) is 4.62. The van der Waals surface area contributed by atoms with Crippen molar-refractivity contribution in [1.29, 1.82) is 0 Å². The maximum atomic E-state index is 12.3. The van der Waals surface area contributed by atoms with Crippen LogP contribution in [-0.2, 0) is 10.0 Å². The second-order valence-corrected chi connectivity index (χ2v) is 6.69. The number of anilines is 1. The van der Waals surface area contributed by atoms with Crippen LogP contribution in [0.3, 0.4) is 0 Å². The Kier molecular flexibility index (Phi) is 4.95. The predicted molar refractivity (Wildman–Crippen MR) is 76.3 cm³/mol. The first kappa shape index (κ1) is 15.9. The molecule has 6 heteroatoms. The first-order valence-electron chi connectivity index (χ1n) is 6.25. The van der Waals surface area contributed by atoms with Crippen molar-refractivity contribution in [3.8, 4) is 0 Å². The van der Waals surface area contributed by atoms with Crippen LogP contribution in [0.5, 0.6) is 0 Å². The van der Waals surface area contributed by atoms with Crippen molar-refractivity contribution in [1.82, 2.24) is 4.72 Å². The molecule has 0 amide bonds. The van der Waals surface area contributed by atoms with Gasteiger partial charge in [0.05, 0.1) is 4.90 Å². The number of rotatable bonds is 6. The lowest BCUT2D eigenvalue weighted by Crippen LogP contribution is -2.46. The van der Waals surface area contributed by atoms with Gasteiger partial charge in [0.2, 0.25) is 10.0 Å². The molecule has 1 atom stereocenters. The van der Waals surface area contributed by atoms with E-state index in [0.717, 1.165) is 5.56 Å². The fraction of sp³-hybridized carbons (Fsp3) is 0.538. The van der Waals surface area contributed by atoms with Gasteiger partial charge in [0.15, 0.2) is 0 Å². The number of sulfonamides is 1. The number of hydrogen-bond acceptors (Lipinski definition) is 4. The summed E-state index contributed by atoms with van der Waals surface area (Å²) in [6.45, 7) is 5.37. The molecule has 0 saturated heterocycles. The summed E-state index contributed by atoms with van der Waals surface area (Å²) in [5, 5.41) is 9.03. The van der Waals surface area contributed by atoms with Crippen molar-refractivity contribution < 1.29 is 13.5 Å². The number of nitrogens with one attached hydrogen (secondary N) is 1. The minimum atomic E-state index is -3.61. The van der Waals surface area contributed by atoms with Gasteiger partial charge in [0.25, 0.3) is 0 Å². The average molecular weight is 286 g/mol. The van der Waals surface area contributed by atoms with E-state index in [1.165, 1.54) is 6.07 Å². The lowest BCUT2D eigenvalue weighted by atomic mass is 9.97. The van der Waals surface area contributed by atoms with E-state index in [2.05, 4.69) is 4.72 Å². The summed E-state index contributed by atoms with van der Waals surface area (Å²) in [5.41, 5.74) is 6.32. The Bertz CT molecular complexity index is 543. The maximum Gasteiger partial charge on any atom is 0.241 e. The fourth-order valence-electron chi connectivity index (χ4n) is 1.75. The van der Waals surface area contributed by atoms with Crippen LogP contribution in [0.15, 0.2) is 23.1 Å². The molecule has 0 aliphatic rings. The summed E-state index contributed by atoms with van der Waals surface area (Å²) in [5.74, 6) is 0. The number of aliphatic hydroxyl groups is 1. The van der Waals surface area contributed by atoms with Gasteiger partial charge in [-0.15, -0.1) is 0 Å². The smallest absolute Gasteiger partial charge is 0.241 e. The Labute approximate surface area is 114 Å². The molecule has 0 aromatic heterocycles. The summed E-state index contributed by atoms with van der Waals surface area (Å²) in [6.07, 6.45) is 0.970. The van der Waals surface area contributed by atoms with Crippen LogP contribution in [0.1, 0.15) is 32.3 Å². The molecule has 1 aromatic rings. The van der Waals surface area contributed by atoms with Crippen molar-refractivity contribution in [2.45, 2.75) is 44.0 Å². The molecule has 5 nitrogen and oxygen atoms in total. The van der Waals surface area contributed by atoms with Crippen molar-refractivity contribution in [3.63, 3.8) is 0 Å². The fourth-order valence-corrected chi connectivity index (χ4v) is 3.34. The molecule has 0 radical (unpaired) electrons. The largest absolute Gasteiger partial charge is 0.399 e. The van der Waals surface area contributed by atoms with Gasteiger partial charge in [-0.2, -0.15) is 0 Å². The second kappa shape index (κ2) is 5.90. The van der Waals surface area contributed by atoms with Crippen LogP contribution in [0, 0.1) is 6.92 Å². The van der Waals surface area contributed by atoms with E-state index in [9.17, 15) is 8.42 Å². The highest BCUT2D eigenvalue weighted by Gasteiger charge is 2.28. The topological polar surface area (TPSA) is 92.4 Å². The zero-order chi connectivity index (χ0) is 14.7. The predicted octanol–water partition coefficient (Wildman–Crippen LogP) is 1.41. The number of benzene rings is 1. The van der Waals surface area contributed by atoms with E-state index in [0.29, 0.717) is 18.5 Å². The van der Waals surface area contributed by atoms with Gasteiger partial charge >= 0.3 is 0 Å². The SMILES string of the molecule is CCC(C)(CCO)NS(=O)(=O)c1ccc(N)c(C)c1. The summed E-state index contributed by atoms with van der Waals surface area (Å²) in [4.78, 5) is 0.191. The number of nitrogens with two attached hydrogens (primary N) is 1. The molecule has 1 aromatic carbocycles. The van der Waals surface area contributed by atoms with Gasteiger partial charge in [-0.1, -0.05) is 6.92 Å². The van der Waals surface area contributed by atoms with Gasteiger partial charge in [-0.25, -0.2) is 13.1 Å². The van der Waals surface area contributed by atoms with Crippen LogP contribution in [0.25, 0.3) is 0 Å². The number of nitrogen functional groups attached to an aromatic ring is 1. The molecule has 0 saturated carbocycles. The van der Waals surface area contributed by atoms with E-state index < -0.39 is 15.6 Å². The Morgan fingerprint density at radius 3 is 2.53 bits per heavy atom. The zero-order valence-corrected chi connectivity index (χ0v) is 12.4. The summed E-state index contributed by atoms with van der Waals surface area (Å²) < 4.78 is 27.3. The van der Waals surface area contributed by atoms with Gasteiger partial charge in [0, 0.05) is 17.8 Å². The minimum absolute atomic E-state index is 0.0619. The highest BCUT2D eigenvalue weighted by Crippen LogP contribution is 2.21. The number of aliphatic hydroxyl groups excluding tert-OH is 1. The molecule has 4 N–H and O–H groups in total. The van der Waals surface area contributed by atoms with Crippen LogP contribution in [0.4, 0.5) is 5.69 Å².